The van der Waals surface area contributed by atoms with Crippen LogP contribution in [0.25, 0.3) is 0 Å². The second-order valence-corrected chi connectivity index (χ2v) is 4.20. The van der Waals surface area contributed by atoms with Crippen molar-refractivity contribution in [2.24, 2.45) is 5.92 Å². The van der Waals surface area contributed by atoms with Crippen LogP contribution in [0.5, 0.6) is 5.75 Å². The molecule has 0 aromatic heterocycles. The third-order valence-electron chi connectivity index (χ3n) is 2.05. The first kappa shape index (κ1) is 14.4. The third kappa shape index (κ3) is 4.30. The molecule has 0 N–H and O–H groups in total. The molecule has 0 unspecified atom stereocenters. The fourth-order valence-electron chi connectivity index (χ4n) is 1.28. The number of nitriles is 1. The zero-order valence-corrected chi connectivity index (χ0v) is 10.4. The summed E-state index contributed by atoms with van der Waals surface area (Å²) < 4.78 is 36.9. The van der Waals surface area contributed by atoms with Gasteiger partial charge in [0.1, 0.15) is 6.61 Å². The minimum Gasteiger partial charge on any atom is -0.485 e. The van der Waals surface area contributed by atoms with Crippen molar-refractivity contribution in [3.05, 3.63) is 29.3 Å². The second kappa shape index (κ2) is 6.92. The molecule has 0 amide bonds. The molecule has 3 nitrogen and oxygen atoms in total. The molecule has 1 aromatic carbocycles. The van der Waals surface area contributed by atoms with Gasteiger partial charge in [-0.1, -0.05) is 13.8 Å². The van der Waals surface area contributed by atoms with Gasteiger partial charge in [0.15, 0.2) is 17.4 Å². The SMILES string of the molecule is CC(C)COCCOc1c(F)cc(C#N)cc1F. The highest BCUT2D eigenvalue weighted by Crippen LogP contribution is 2.22. The number of benzene rings is 1. The molecule has 0 bridgehead atoms. The first-order chi connectivity index (χ1) is 8.54. The molecular weight excluding hydrogens is 240 g/mol. The molecule has 0 atom stereocenters. The first-order valence-electron chi connectivity index (χ1n) is 5.64. The van der Waals surface area contributed by atoms with Crippen molar-refractivity contribution in [1.82, 2.24) is 0 Å². The van der Waals surface area contributed by atoms with E-state index in [4.69, 9.17) is 14.7 Å². The fraction of sp³-hybridized carbons (Fsp3) is 0.462. The average molecular weight is 255 g/mol. The van der Waals surface area contributed by atoms with Crippen LogP contribution >= 0.6 is 0 Å². The summed E-state index contributed by atoms with van der Waals surface area (Å²) >= 11 is 0. The minimum absolute atomic E-state index is 0.0620. The summed E-state index contributed by atoms with van der Waals surface area (Å²) in [6, 6.07) is 3.54. The standard InChI is InChI=1S/C13H15F2NO2/c1-9(2)8-17-3-4-18-13-11(14)5-10(7-16)6-12(13)15/h5-6,9H,3-4,8H2,1-2H3. The normalized spacial score (nSPS) is 10.4. The van der Waals surface area contributed by atoms with Crippen LogP contribution < -0.4 is 4.74 Å². The van der Waals surface area contributed by atoms with Crippen LogP contribution in [-0.4, -0.2) is 19.8 Å². The van der Waals surface area contributed by atoms with E-state index < -0.39 is 17.4 Å². The van der Waals surface area contributed by atoms with E-state index in [1.54, 1.807) is 6.07 Å². The summed E-state index contributed by atoms with van der Waals surface area (Å²) in [4.78, 5) is 0. The van der Waals surface area contributed by atoms with Crippen molar-refractivity contribution >= 4 is 0 Å². The van der Waals surface area contributed by atoms with E-state index in [0.29, 0.717) is 12.5 Å². The molecule has 0 spiro atoms. The fourth-order valence-corrected chi connectivity index (χ4v) is 1.28. The van der Waals surface area contributed by atoms with Gasteiger partial charge in [-0.15, -0.1) is 0 Å². The summed E-state index contributed by atoms with van der Waals surface area (Å²) in [5.41, 5.74) is -0.0755. The van der Waals surface area contributed by atoms with Crippen molar-refractivity contribution in [2.75, 3.05) is 19.8 Å². The molecule has 0 aliphatic heterocycles. The van der Waals surface area contributed by atoms with Crippen LogP contribution in [0.1, 0.15) is 19.4 Å². The van der Waals surface area contributed by atoms with Gasteiger partial charge in [-0.3, -0.25) is 0 Å². The molecular formula is C13H15F2NO2. The lowest BCUT2D eigenvalue weighted by molar-refractivity contribution is 0.0795. The first-order valence-corrected chi connectivity index (χ1v) is 5.64. The molecule has 0 aliphatic rings. The lowest BCUT2D eigenvalue weighted by atomic mass is 10.2. The van der Waals surface area contributed by atoms with Gasteiger partial charge in [0.05, 0.1) is 18.2 Å². The van der Waals surface area contributed by atoms with Crippen LogP contribution in [0.3, 0.4) is 0 Å². The highest BCUT2D eigenvalue weighted by atomic mass is 19.1. The largest absolute Gasteiger partial charge is 0.485 e. The van der Waals surface area contributed by atoms with Crippen molar-refractivity contribution in [3.63, 3.8) is 0 Å². The van der Waals surface area contributed by atoms with E-state index >= 15 is 0 Å². The molecule has 1 aromatic rings. The smallest absolute Gasteiger partial charge is 0.190 e. The van der Waals surface area contributed by atoms with E-state index in [-0.39, 0.29) is 18.8 Å². The summed E-state index contributed by atoms with van der Waals surface area (Å²) in [6.45, 7) is 4.90. The van der Waals surface area contributed by atoms with E-state index in [9.17, 15) is 8.78 Å². The number of nitrogens with zero attached hydrogens (tertiary/aromatic N) is 1. The predicted octanol–water partition coefficient (Wildman–Crippen LogP) is 2.89. The Labute approximate surface area is 105 Å². The van der Waals surface area contributed by atoms with Gasteiger partial charge >= 0.3 is 0 Å². The number of hydrogen-bond donors (Lipinski definition) is 0. The van der Waals surface area contributed by atoms with Gasteiger partial charge < -0.3 is 9.47 Å². The molecule has 5 heteroatoms. The number of rotatable bonds is 6. The predicted molar refractivity (Wildman–Crippen MR) is 62.2 cm³/mol. The highest BCUT2D eigenvalue weighted by molar-refractivity contribution is 5.37. The Morgan fingerprint density at radius 1 is 1.22 bits per heavy atom. The number of hydrogen-bond acceptors (Lipinski definition) is 3. The van der Waals surface area contributed by atoms with Crippen LogP contribution in [-0.2, 0) is 4.74 Å². The van der Waals surface area contributed by atoms with Gasteiger partial charge in [-0.05, 0) is 18.1 Å². The topological polar surface area (TPSA) is 42.2 Å². The molecule has 98 valence electrons. The molecule has 0 saturated heterocycles. The van der Waals surface area contributed by atoms with Crippen molar-refractivity contribution in [1.29, 1.82) is 5.26 Å². The molecule has 18 heavy (non-hydrogen) atoms. The Hall–Kier alpha value is -1.67. The minimum atomic E-state index is -0.879. The van der Waals surface area contributed by atoms with E-state index in [2.05, 4.69) is 0 Å². The van der Waals surface area contributed by atoms with Gasteiger partial charge in [0.2, 0.25) is 0 Å². The quantitative estimate of drug-likeness (QED) is 0.734. The Balaban J connectivity index is 2.50. The van der Waals surface area contributed by atoms with Crippen LogP contribution in [0, 0.1) is 28.9 Å². The Bertz CT molecular complexity index is 418. The zero-order valence-electron chi connectivity index (χ0n) is 10.4. The highest BCUT2D eigenvalue weighted by Gasteiger charge is 2.12. The number of ether oxygens (including phenoxy) is 2. The van der Waals surface area contributed by atoms with Crippen LogP contribution in [0.15, 0.2) is 12.1 Å². The maximum absolute atomic E-state index is 13.4. The monoisotopic (exact) mass is 255 g/mol. The summed E-state index contributed by atoms with van der Waals surface area (Å²) in [5.74, 6) is -1.83. The molecule has 0 aliphatic carbocycles. The average Bonchev–Trinajstić information content (AvgIpc) is 2.31. The van der Waals surface area contributed by atoms with Crippen molar-refractivity contribution in [2.45, 2.75) is 13.8 Å². The lowest BCUT2D eigenvalue weighted by Gasteiger charge is -2.10. The maximum atomic E-state index is 13.4. The molecule has 0 radical (unpaired) electrons. The summed E-state index contributed by atoms with van der Waals surface area (Å²) in [7, 11) is 0. The second-order valence-electron chi connectivity index (χ2n) is 4.20. The van der Waals surface area contributed by atoms with Crippen molar-refractivity contribution < 1.29 is 18.3 Å². The Morgan fingerprint density at radius 2 is 1.83 bits per heavy atom. The van der Waals surface area contributed by atoms with Gasteiger partial charge in [-0.2, -0.15) is 5.26 Å². The van der Waals surface area contributed by atoms with Crippen LogP contribution in [0.2, 0.25) is 0 Å². The molecule has 0 heterocycles. The maximum Gasteiger partial charge on any atom is 0.190 e. The van der Waals surface area contributed by atoms with E-state index in [1.807, 2.05) is 13.8 Å². The van der Waals surface area contributed by atoms with E-state index in [1.165, 1.54) is 0 Å². The van der Waals surface area contributed by atoms with Gasteiger partial charge in [0, 0.05) is 6.61 Å². The third-order valence-corrected chi connectivity index (χ3v) is 2.05. The Kier molecular flexibility index (Phi) is 5.53. The van der Waals surface area contributed by atoms with Gasteiger partial charge in [0.25, 0.3) is 0 Å². The molecule has 0 fully saturated rings. The van der Waals surface area contributed by atoms with Crippen LogP contribution in [0.4, 0.5) is 8.78 Å². The van der Waals surface area contributed by atoms with E-state index in [0.717, 1.165) is 12.1 Å². The molecule has 0 saturated carbocycles. The Morgan fingerprint density at radius 3 is 2.33 bits per heavy atom. The van der Waals surface area contributed by atoms with Crippen molar-refractivity contribution in [3.8, 4) is 11.8 Å². The summed E-state index contributed by atoms with van der Waals surface area (Å²) in [6.07, 6.45) is 0. The zero-order chi connectivity index (χ0) is 13.5. The van der Waals surface area contributed by atoms with Gasteiger partial charge in [-0.25, -0.2) is 8.78 Å². The number of halogens is 2. The lowest BCUT2D eigenvalue weighted by Crippen LogP contribution is -2.11. The molecule has 1 rings (SSSR count). The summed E-state index contributed by atoms with van der Waals surface area (Å²) in [5, 5.41) is 8.53.